The van der Waals surface area contributed by atoms with E-state index in [-0.39, 0.29) is 6.10 Å². The van der Waals surface area contributed by atoms with Crippen LogP contribution in [0.5, 0.6) is 0 Å². The fraction of sp³-hybridized carbons (Fsp3) is 0.846. The Morgan fingerprint density at radius 2 is 2.25 bits per heavy atom. The lowest BCUT2D eigenvalue weighted by Crippen LogP contribution is -2.41. The molecule has 1 aliphatic heterocycles. The van der Waals surface area contributed by atoms with Crippen LogP contribution in [0.1, 0.15) is 44.0 Å². The Labute approximate surface area is 117 Å². The Bertz CT molecular complexity index is 439. The monoisotopic (exact) mass is 283 g/mol. The minimum atomic E-state index is -0.757. The average Bonchev–Trinajstić information content (AvgIpc) is 2.88. The van der Waals surface area contributed by atoms with Gasteiger partial charge in [0.1, 0.15) is 5.54 Å². The second-order valence-electron chi connectivity index (χ2n) is 5.67. The zero-order chi connectivity index (χ0) is 14.0. The third kappa shape index (κ3) is 3.01. The largest absolute Gasteiger partial charge is 0.376 e. The first kappa shape index (κ1) is 13.9. The lowest BCUT2D eigenvalue weighted by molar-refractivity contribution is -0.101. The fourth-order valence-electron chi connectivity index (χ4n) is 2.12. The summed E-state index contributed by atoms with van der Waals surface area (Å²) >= 11 is 0. The van der Waals surface area contributed by atoms with Gasteiger partial charge in [0, 0.05) is 0 Å². The van der Waals surface area contributed by atoms with Gasteiger partial charge in [0.25, 0.3) is 5.89 Å². The van der Waals surface area contributed by atoms with E-state index in [9.17, 15) is 0 Å². The van der Waals surface area contributed by atoms with Crippen LogP contribution in [-0.2, 0) is 19.7 Å². The number of ether oxygens (including phenoxy) is 3. The molecule has 1 aromatic rings. The Hall–Kier alpha value is -1.02. The molecule has 0 spiro atoms. The Morgan fingerprint density at radius 3 is 2.90 bits per heavy atom. The van der Waals surface area contributed by atoms with Gasteiger partial charge in [-0.25, -0.2) is 0 Å². The van der Waals surface area contributed by atoms with Crippen molar-refractivity contribution in [2.24, 2.45) is 5.73 Å². The quantitative estimate of drug-likeness (QED) is 0.858. The minimum absolute atomic E-state index is 0.298. The zero-order valence-corrected chi connectivity index (χ0v) is 11.7. The molecule has 0 amide bonds. The first-order valence-corrected chi connectivity index (χ1v) is 7.09. The lowest BCUT2D eigenvalue weighted by atomic mass is 9.95. The van der Waals surface area contributed by atoms with E-state index in [1.165, 1.54) is 6.42 Å². The van der Waals surface area contributed by atoms with E-state index in [2.05, 4.69) is 10.1 Å². The summed E-state index contributed by atoms with van der Waals surface area (Å²) in [5, 5.41) is 3.96. The van der Waals surface area contributed by atoms with E-state index in [4.69, 9.17) is 24.5 Å². The molecule has 2 atom stereocenters. The maximum atomic E-state index is 6.23. The summed E-state index contributed by atoms with van der Waals surface area (Å²) in [4.78, 5) is 4.34. The number of hydrogen-bond donors (Lipinski definition) is 1. The van der Waals surface area contributed by atoms with Crippen LogP contribution in [0.4, 0.5) is 0 Å². The molecule has 1 saturated heterocycles. The topological polar surface area (TPSA) is 92.6 Å². The van der Waals surface area contributed by atoms with Gasteiger partial charge < -0.3 is 24.5 Å². The SMILES string of the molecule is CC(N)(COC1CCC1)c1noc(C2COCCO2)n1. The predicted octanol–water partition coefficient (Wildman–Crippen LogP) is 0.900. The average molecular weight is 283 g/mol. The van der Waals surface area contributed by atoms with Crippen LogP contribution in [-0.4, -0.2) is 42.7 Å². The summed E-state index contributed by atoms with van der Waals surface area (Å²) in [6.07, 6.45) is 3.49. The normalized spacial score (nSPS) is 27.0. The summed E-state index contributed by atoms with van der Waals surface area (Å²) in [6, 6.07) is 0. The molecule has 20 heavy (non-hydrogen) atoms. The fourth-order valence-corrected chi connectivity index (χ4v) is 2.12. The Balaban J connectivity index is 1.61. The standard InChI is InChI=1S/C13H21N3O4/c1-13(14,8-19-9-3-2-4-9)12-15-11(20-16-12)10-7-17-5-6-18-10/h9-10H,2-8,14H2,1H3. The van der Waals surface area contributed by atoms with Crippen molar-refractivity contribution in [1.29, 1.82) is 0 Å². The van der Waals surface area contributed by atoms with Crippen LogP contribution in [0.25, 0.3) is 0 Å². The Morgan fingerprint density at radius 1 is 1.40 bits per heavy atom. The van der Waals surface area contributed by atoms with Gasteiger partial charge >= 0.3 is 0 Å². The molecule has 1 saturated carbocycles. The van der Waals surface area contributed by atoms with Crippen molar-refractivity contribution in [2.75, 3.05) is 26.4 Å². The van der Waals surface area contributed by atoms with Gasteiger partial charge in [0.05, 0.1) is 32.5 Å². The number of aromatic nitrogens is 2. The highest BCUT2D eigenvalue weighted by Gasteiger charge is 2.32. The number of nitrogens with zero attached hydrogens (tertiary/aromatic N) is 2. The molecule has 2 heterocycles. The molecule has 3 rings (SSSR count). The number of hydrogen-bond acceptors (Lipinski definition) is 7. The molecule has 2 aliphatic rings. The van der Waals surface area contributed by atoms with Gasteiger partial charge in [0.15, 0.2) is 11.9 Å². The summed E-state index contributed by atoms with van der Waals surface area (Å²) in [5.41, 5.74) is 5.47. The zero-order valence-electron chi connectivity index (χ0n) is 11.7. The van der Waals surface area contributed by atoms with E-state index < -0.39 is 5.54 Å². The minimum Gasteiger partial charge on any atom is -0.376 e. The second-order valence-corrected chi connectivity index (χ2v) is 5.67. The highest BCUT2D eigenvalue weighted by molar-refractivity contribution is 5.03. The molecule has 112 valence electrons. The molecule has 2 unspecified atom stereocenters. The summed E-state index contributed by atoms with van der Waals surface area (Å²) in [5.74, 6) is 0.862. The molecule has 0 aromatic carbocycles. The van der Waals surface area contributed by atoms with Gasteiger partial charge in [-0.3, -0.25) is 0 Å². The predicted molar refractivity (Wildman–Crippen MR) is 68.9 cm³/mol. The van der Waals surface area contributed by atoms with Crippen molar-refractivity contribution < 1.29 is 18.7 Å². The number of rotatable bonds is 5. The molecule has 1 aromatic heterocycles. The highest BCUT2D eigenvalue weighted by Crippen LogP contribution is 2.26. The van der Waals surface area contributed by atoms with E-state index >= 15 is 0 Å². The maximum Gasteiger partial charge on any atom is 0.258 e. The van der Waals surface area contributed by atoms with Crippen LogP contribution < -0.4 is 5.73 Å². The van der Waals surface area contributed by atoms with Crippen molar-refractivity contribution in [2.45, 2.75) is 43.9 Å². The highest BCUT2D eigenvalue weighted by atomic mass is 16.6. The van der Waals surface area contributed by atoms with E-state index in [1.54, 1.807) is 0 Å². The van der Waals surface area contributed by atoms with Crippen LogP contribution in [0.15, 0.2) is 4.52 Å². The molecule has 2 fully saturated rings. The van der Waals surface area contributed by atoms with Crippen molar-refractivity contribution in [3.05, 3.63) is 11.7 Å². The van der Waals surface area contributed by atoms with Gasteiger partial charge in [-0.1, -0.05) is 5.16 Å². The lowest BCUT2D eigenvalue weighted by Gasteiger charge is -2.29. The third-order valence-electron chi connectivity index (χ3n) is 3.72. The molecule has 0 radical (unpaired) electrons. The second kappa shape index (κ2) is 5.77. The van der Waals surface area contributed by atoms with Gasteiger partial charge in [-0.2, -0.15) is 4.98 Å². The van der Waals surface area contributed by atoms with Crippen LogP contribution >= 0.6 is 0 Å². The van der Waals surface area contributed by atoms with Crippen molar-refractivity contribution in [1.82, 2.24) is 10.1 Å². The molecular formula is C13H21N3O4. The van der Waals surface area contributed by atoms with Crippen LogP contribution in [0.3, 0.4) is 0 Å². The molecule has 7 nitrogen and oxygen atoms in total. The number of nitrogens with two attached hydrogens (primary N) is 1. The van der Waals surface area contributed by atoms with Crippen LogP contribution in [0, 0.1) is 0 Å². The van der Waals surface area contributed by atoms with E-state index in [1.807, 2.05) is 6.92 Å². The maximum absolute atomic E-state index is 6.23. The summed E-state index contributed by atoms with van der Waals surface area (Å²) in [7, 11) is 0. The first-order valence-electron chi connectivity index (χ1n) is 7.09. The molecule has 7 heteroatoms. The van der Waals surface area contributed by atoms with Gasteiger partial charge in [-0.15, -0.1) is 0 Å². The third-order valence-corrected chi connectivity index (χ3v) is 3.72. The van der Waals surface area contributed by atoms with E-state index in [0.717, 1.165) is 12.8 Å². The van der Waals surface area contributed by atoms with Gasteiger partial charge in [0.2, 0.25) is 0 Å². The molecule has 1 aliphatic carbocycles. The molecule has 2 N–H and O–H groups in total. The first-order chi connectivity index (χ1) is 9.65. The van der Waals surface area contributed by atoms with Crippen LogP contribution in [0.2, 0.25) is 0 Å². The molecule has 0 bridgehead atoms. The smallest absolute Gasteiger partial charge is 0.258 e. The van der Waals surface area contributed by atoms with Crippen molar-refractivity contribution in [3.63, 3.8) is 0 Å². The summed E-state index contributed by atoms with van der Waals surface area (Å²) in [6.45, 7) is 3.80. The van der Waals surface area contributed by atoms with Gasteiger partial charge in [-0.05, 0) is 26.2 Å². The Kier molecular flexibility index (Phi) is 4.02. The molecular weight excluding hydrogens is 262 g/mol. The van der Waals surface area contributed by atoms with Crippen molar-refractivity contribution >= 4 is 0 Å². The summed E-state index contributed by atoms with van der Waals surface area (Å²) < 4.78 is 21.8. The van der Waals surface area contributed by atoms with E-state index in [0.29, 0.717) is 44.2 Å². The van der Waals surface area contributed by atoms with Crippen molar-refractivity contribution in [3.8, 4) is 0 Å².